The largest absolute Gasteiger partial charge is 0.355 e. The highest BCUT2D eigenvalue weighted by Gasteiger charge is 2.61. The van der Waals surface area contributed by atoms with Crippen LogP contribution in [0.3, 0.4) is 0 Å². The second-order valence-corrected chi connectivity index (χ2v) is 5.71. The first kappa shape index (κ1) is 12.7. The standard InChI is InChI=1S/C16H22N2O/c1-2-17-9-10-18-15(19)14-11-16(14)8-7-12-5-3-4-6-13(12)16/h3-6,14,17H,2,7-11H2,1H3,(H,18,19). The average molecular weight is 258 g/mol. The van der Waals surface area contributed by atoms with Gasteiger partial charge in [0.05, 0.1) is 0 Å². The SMILES string of the molecule is CCNCCNC(=O)C1CC12CCc1ccccc12. The fourth-order valence-corrected chi connectivity index (χ4v) is 3.51. The number of benzene rings is 1. The molecule has 1 aromatic carbocycles. The number of amides is 1. The van der Waals surface area contributed by atoms with Crippen LogP contribution in [0.25, 0.3) is 0 Å². The van der Waals surface area contributed by atoms with E-state index in [2.05, 4.69) is 41.8 Å². The number of hydrogen-bond acceptors (Lipinski definition) is 2. The summed E-state index contributed by atoms with van der Waals surface area (Å²) in [5.74, 6) is 0.451. The highest BCUT2D eigenvalue weighted by molar-refractivity contribution is 5.85. The van der Waals surface area contributed by atoms with E-state index in [-0.39, 0.29) is 17.2 Å². The summed E-state index contributed by atoms with van der Waals surface area (Å²) in [6, 6.07) is 8.63. The Kier molecular flexibility index (Phi) is 3.31. The van der Waals surface area contributed by atoms with E-state index in [1.807, 2.05) is 0 Å². The van der Waals surface area contributed by atoms with Gasteiger partial charge in [-0.05, 0) is 36.9 Å². The van der Waals surface area contributed by atoms with Gasteiger partial charge in [-0.3, -0.25) is 4.79 Å². The van der Waals surface area contributed by atoms with Crippen LogP contribution >= 0.6 is 0 Å². The second-order valence-electron chi connectivity index (χ2n) is 5.71. The highest BCUT2D eigenvalue weighted by atomic mass is 16.2. The first-order valence-electron chi connectivity index (χ1n) is 7.35. The molecule has 3 nitrogen and oxygen atoms in total. The van der Waals surface area contributed by atoms with Crippen molar-refractivity contribution in [2.24, 2.45) is 5.92 Å². The molecule has 2 unspecified atom stereocenters. The Morgan fingerprint density at radius 2 is 2.21 bits per heavy atom. The zero-order valence-electron chi connectivity index (χ0n) is 11.5. The number of carbonyl (C=O) groups is 1. The van der Waals surface area contributed by atoms with Gasteiger partial charge in [-0.2, -0.15) is 0 Å². The van der Waals surface area contributed by atoms with Crippen LogP contribution in [0.5, 0.6) is 0 Å². The maximum absolute atomic E-state index is 12.2. The fourth-order valence-electron chi connectivity index (χ4n) is 3.51. The van der Waals surface area contributed by atoms with Gasteiger partial charge in [0.25, 0.3) is 0 Å². The van der Waals surface area contributed by atoms with E-state index in [4.69, 9.17) is 0 Å². The van der Waals surface area contributed by atoms with Crippen molar-refractivity contribution in [3.8, 4) is 0 Å². The molecule has 19 heavy (non-hydrogen) atoms. The zero-order valence-corrected chi connectivity index (χ0v) is 11.5. The molecule has 2 aliphatic rings. The van der Waals surface area contributed by atoms with Gasteiger partial charge in [-0.25, -0.2) is 0 Å². The maximum atomic E-state index is 12.2. The summed E-state index contributed by atoms with van der Waals surface area (Å²) in [5.41, 5.74) is 3.06. The molecule has 1 aromatic rings. The molecule has 2 atom stereocenters. The predicted octanol–water partition coefficient (Wildman–Crippen LogP) is 1.62. The first-order valence-corrected chi connectivity index (χ1v) is 7.35. The van der Waals surface area contributed by atoms with Gasteiger partial charge in [0.2, 0.25) is 5.91 Å². The predicted molar refractivity (Wildman–Crippen MR) is 76.1 cm³/mol. The van der Waals surface area contributed by atoms with E-state index in [0.29, 0.717) is 0 Å². The molecule has 0 heterocycles. The fraction of sp³-hybridized carbons (Fsp3) is 0.562. The van der Waals surface area contributed by atoms with Gasteiger partial charge in [0.15, 0.2) is 0 Å². The number of likely N-dealkylation sites (N-methyl/N-ethyl adjacent to an activating group) is 1. The average Bonchev–Trinajstić information content (AvgIpc) is 3.06. The third-order valence-electron chi connectivity index (χ3n) is 4.64. The summed E-state index contributed by atoms with van der Waals surface area (Å²) in [5, 5.41) is 6.28. The van der Waals surface area contributed by atoms with Crippen molar-refractivity contribution in [3.05, 3.63) is 35.4 Å². The number of fused-ring (bicyclic) bond motifs is 2. The summed E-state index contributed by atoms with van der Waals surface area (Å²) in [6.07, 6.45) is 3.33. The van der Waals surface area contributed by atoms with Crippen molar-refractivity contribution in [1.29, 1.82) is 0 Å². The van der Waals surface area contributed by atoms with Crippen molar-refractivity contribution in [2.45, 2.75) is 31.6 Å². The summed E-state index contributed by atoms with van der Waals surface area (Å²) in [4.78, 5) is 12.2. The van der Waals surface area contributed by atoms with Crippen LogP contribution in [0.4, 0.5) is 0 Å². The van der Waals surface area contributed by atoms with Crippen molar-refractivity contribution in [1.82, 2.24) is 10.6 Å². The minimum Gasteiger partial charge on any atom is -0.355 e. The van der Waals surface area contributed by atoms with Crippen LogP contribution in [0, 0.1) is 5.92 Å². The van der Waals surface area contributed by atoms with Gasteiger partial charge in [-0.1, -0.05) is 31.2 Å². The van der Waals surface area contributed by atoms with E-state index in [9.17, 15) is 4.79 Å². The molecule has 0 aliphatic heterocycles. The molecule has 0 radical (unpaired) electrons. The van der Waals surface area contributed by atoms with Crippen LogP contribution in [-0.2, 0) is 16.6 Å². The number of aryl methyl sites for hydroxylation is 1. The quantitative estimate of drug-likeness (QED) is 0.788. The molecule has 0 aromatic heterocycles. The number of nitrogens with one attached hydrogen (secondary N) is 2. The first-order chi connectivity index (χ1) is 9.28. The van der Waals surface area contributed by atoms with E-state index in [1.165, 1.54) is 11.1 Å². The van der Waals surface area contributed by atoms with E-state index < -0.39 is 0 Å². The Morgan fingerprint density at radius 1 is 1.37 bits per heavy atom. The Balaban J connectivity index is 1.60. The van der Waals surface area contributed by atoms with Crippen LogP contribution in [0.2, 0.25) is 0 Å². The van der Waals surface area contributed by atoms with Crippen LogP contribution in [0.1, 0.15) is 30.9 Å². The Hall–Kier alpha value is -1.35. The topological polar surface area (TPSA) is 41.1 Å². The van der Waals surface area contributed by atoms with Crippen molar-refractivity contribution in [2.75, 3.05) is 19.6 Å². The van der Waals surface area contributed by atoms with Crippen molar-refractivity contribution in [3.63, 3.8) is 0 Å². The maximum Gasteiger partial charge on any atom is 0.224 e. The van der Waals surface area contributed by atoms with Crippen molar-refractivity contribution < 1.29 is 4.79 Å². The molecular weight excluding hydrogens is 236 g/mol. The summed E-state index contributed by atoms with van der Waals surface area (Å²) in [6.45, 7) is 4.63. The lowest BCUT2D eigenvalue weighted by molar-refractivity contribution is -0.122. The Labute approximate surface area is 114 Å². The molecule has 1 amide bonds. The lowest BCUT2D eigenvalue weighted by Crippen LogP contribution is -2.34. The lowest BCUT2D eigenvalue weighted by Gasteiger charge is -2.11. The minimum atomic E-state index is 0.179. The Morgan fingerprint density at radius 3 is 3.05 bits per heavy atom. The van der Waals surface area contributed by atoms with E-state index in [0.717, 1.165) is 38.9 Å². The van der Waals surface area contributed by atoms with Gasteiger partial charge in [-0.15, -0.1) is 0 Å². The molecule has 2 N–H and O–H groups in total. The summed E-state index contributed by atoms with van der Waals surface area (Å²) < 4.78 is 0. The van der Waals surface area contributed by atoms with E-state index in [1.54, 1.807) is 0 Å². The minimum absolute atomic E-state index is 0.179. The highest BCUT2D eigenvalue weighted by Crippen LogP contribution is 2.61. The van der Waals surface area contributed by atoms with Crippen LogP contribution < -0.4 is 10.6 Å². The van der Waals surface area contributed by atoms with Gasteiger partial charge >= 0.3 is 0 Å². The molecule has 1 fully saturated rings. The molecule has 3 rings (SSSR count). The third kappa shape index (κ3) is 2.16. The smallest absolute Gasteiger partial charge is 0.224 e. The zero-order chi connectivity index (χ0) is 13.3. The second kappa shape index (κ2) is 4.97. The number of carbonyl (C=O) groups excluding carboxylic acids is 1. The molecule has 102 valence electrons. The van der Waals surface area contributed by atoms with Gasteiger partial charge < -0.3 is 10.6 Å². The number of rotatable bonds is 5. The summed E-state index contributed by atoms with van der Waals surface area (Å²) >= 11 is 0. The molecular formula is C16H22N2O. The molecule has 0 saturated heterocycles. The van der Waals surface area contributed by atoms with Gasteiger partial charge in [0, 0.05) is 24.4 Å². The molecule has 1 saturated carbocycles. The lowest BCUT2D eigenvalue weighted by atomic mass is 9.95. The molecule has 2 aliphatic carbocycles. The third-order valence-corrected chi connectivity index (χ3v) is 4.64. The molecule has 3 heteroatoms. The van der Waals surface area contributed by atoms with E-state index >= 15 is 0 Å². The number of hydrogen-bond donors (Lipinski definition) is 2. The van der Waals surface area contributed by atoms with Gasteiger partial charge in [0.1, 0.15) is 0 Å². The molecule has 0 bridgehead atoms. The summed E-state index contributed by atoms with van der Waals surface area (Å²) in [7, 11) is 0. The normalized spacial score (nSPS) is 27.3. The Bertz CT molecular complexity index is 485. The van der Waals surface area contributed by atoms with Crippen LogP contribution in [0.15, 0.2) is 24.3 Å². The molecule has 1 spiro atoms. The van der Waals surface area contributed by atoms with Crippen LogP contribution in [-0.4, -0.2) is 25.5 Å². The van der Waals surface area contributed by atoms with Crippen molar-refractivity contribution >= 4 is 5.91 Å². The monoisotopic (exact) mass is 258 g/mol.